The maximum absolute atomic E-state index is 12.0. The number of carbonyl (C=O) groups excluding carboxylic acids is 1. The predicted octanol–water partition coefficient (Wildman–Crippen LogP) is 6.09. The molecule has 0 saturated heterocycles. The lowest BCUT2D eigenvalue weighted by Crippen LogP contribution is -2.03. The summed E-state index contributed by atoms with van der Waals surface area (Å²) in [6, 6.07) is 6.15. The van der Waals surface area contributed by atoms with Gasteiger partial charge in [0.2, 0.25) is 0 Å². The number of benzene rings is 1. The number of carbonyl (C=O) groups is 1. The van der Waals surface area contributed by atoms with E-state index in [1.807, 2.05) is 13.0 Å². The number of thiazole rings is 1. The first-order valence-corrected chi connectivity index (χ1v) is 10.2. The summed E-state index contributed by atoms with van der Waals surface area (Å²) >= 11 is 8.07. The van der Waals surface area contributed by atoms with Crippen LogP contribution in [0.15, 0.2) is 18.2 Å². The molecule has 136 valence electrons. The smallest absolute Gasteiger partial charge is 0.350 e. The first kappa shape index (κ1) is 17.6. The minimum absolute atomic E-state index is 0.307. The first-order valence-electron chi connectivity index (χ1n) is 9.04. The fraction of sp³-hybridized carbons (Fsp3) is 0.400. The Balaban J connectivity index is 1.72. The fourth-order valence-electron chi connectivity index (χ4n) is 3.71. The number of hydrogen-bond acceptors (Lipinski definition) is 4. The second-order valence-electron chi connectivity index (χ2n) is 6.75. The van der Waals surface area contributed by atoms with Gasteiger partial charge in [-0.05, 0) is 44.9 Å². The highest BCUT2D eigenvalue weighted by atomic mass is 35.5. The number of H-pyrrole nitrogens is 1. The van der Waals surface area contributed by atoms with Crippen molar-refractivity contribution < 1.29 is 9.53 Å². The topological polar surface area (TPSA) is 55.0 Å². The Bertz CT molecular complexity index is 970. The standard InChI is InChI=1S/C20H21ClN2O2S/c1-3-25-20(24)18-11(2)22-19(26-18)13-8-9-15-14(10-13)16(21)17(23-15)12-6-4-5-7-12/h8-10,12,23H,3-7H2,1-2H3. The number of aromatic nitrogens is 2. The van der Waals surface area contributed by atoms with Crippen LogP contribution in [0.3, 0.4) is 0 Å². The highest BCUT2D eigenvalue weighted by molar-refractivity contribution is 7.17. The predicted molar refractivity (Wildman–Crippen MR) is 106 cm³/mol. The summed E-state index contributed by atoms with van der Waals surface area (Å²) in [5.74, 6) is 0.230. The van der Waals surface area contributed by atoms with E-state index in [0.717, 1.165) is 26.5 Å². The molecule has 0 bridgehead atoms. The SMILES string of the molecule is CCOC(=O)c1sc(-c2ccc3[nH]c(C4CCCC4)c(Cl)c3c2)nc1C. The molecule has 2 aromatic heterocycles. The third-order valence-electron chi connectivity index (χ3n) is 5.03. The number of esters is 1. The van der Waals surface area contributed by atoms with Gasteiger partial charge in [0.25, 0.3) is 0 Å². The zero-order valence-corrected chi connectivity index (χ0v) is 16.5. The Morgan fingerprint density at radius 3 is 2.88 bits per heavy atom. The van der Waals surface area contributed by atoms with Gasteiger partial charge < -0.3 is 9.72 Å². The summed E-state index contributed by atoms with van der Waals surface area (Å²) in [5.41, 5.74) is 3.90. The van der Waals surface area contributed by atoms with Gasteiger partial charge in [-0.2, -0.15) is 0 Å². The minimum atomic E-state index is -0.307. The molecular weight excluding hydrogens is 368 g/mol. The Labute approximate surface area is 161 Å². The van der Waals surface area contributed by atoms with E-state index in [1.165, 1.54) is 42.7 Å². The molecule has 4 nitrogen and oxygen atoms in total. The van der Waals surface area contributed by atoms with Crippen molar-refractivity contribution >= 4 is 39.8 Å². The van der Waals surface area contributed by atoms with Gasteiger partial charge >= 0.3 is 5.97 Å². The molecule has 0 radical (unpaired) electrons. The third kappa shape index (κ3) is 3.03. The normalized spacial score (nSPS) is 15.0. The number of fused-ring (bicyclic) bond motifs is 1. The van der Waals surface area contributed by atoms with Crippen molar-refractivity contribution in [3.63, 3.8) is 0 Å². The van der Waals surface area contributed by atoms with Crippen LogP contribution in [0, 0.1) is 6.92 Å². The Hall–Kier alpha value is -1.85. The molecule has 0 spiro atoms. The molecule has 0 atom stereocenters. The molecule has 4 rings (SSSR count). The van der Waals surface area contributed by atoms with Crippen molar-refractivity contribution in [1.82, 2.24) is 9.97 Å². The number of rotatable bonds is 4. The van der Waals surface area contributed by atoms with Crippen LogP contribution in [0.2, 0.25) is 5.02 Å². The van der Waals surface area contributed by atoms with Gasteiger partial charge in [-0.25, -0.2) is 9.78 Å². The average molecular weight is 389 g/mol. The number of halogens is 1. The van der Waals surface area contributed by atoms with Crippen molar-refractivity contribution in [3.05, 3.63) is 39.5 Å². The average Bonchev–Trinajstić information content (AvgIpc) is 3.34. The van der Waals surface area contributed by atoms with E-state index in [0.29, 0.717) is 23.1 Å². The molecule has 26 heavy (non-hydrogen) atoms. The van der Waals surface area contributed by atoms with Gasteiger partial charge in [-0.15, -0.1) is 11.3 Å². The second-order valence-corrected chi connectivity index (χ2v) is 8.13. The van der Waals surface area contributed by atoms with Crippen LogP contribution in [-0.2, 0) is 4.74 Å². The minimum Gasteiger partial charge on any atom is -0.462 e. The molecule has 1 aromatic carbocycles. The molecule has 1 N–H and O–H groups in total. The van der Waals surface area contributed by atoms with Gasteiger partial charge in [0, 0.05) is 28.1 Å². The van der Waals surface area contributed by atoms with Gasteiger partial charge in [0.15, 0.2) is 0 Å². The van der Waals surface area contributed by atoms with Crippen molar-refractivity contribution in [2.24, 2.45) is 0 Å². The Morgan fingerprint density at radius 2 is 2.15 bits per heavy atom. The van der Waals surface area contributed by atoms with Gasteiger partial charge in [-0.3, -0.25) is 0 Å². The molecule has 1 aliphatic rings. The van der Waals surface area contributed by atoms with Crippen molar-refractivity contribution in [1.29, 1.82) is 0 Å². The monoisotopic (exact) mass is 388 g/mol. The molecule has 0 aliphatic heterocycles. The maximum atomic E-state index is 12.0. The number of ether oxygens (including phenoxy) is 1. The van der Waals surface area contributed by atoms with E-state index < -0.39 is 0 Å². The van der Waals surface area contributed by atoms with E-state index in [4.69, 9.17) is 16.3 Å². The molecule has 3 aromatic rings. The third-order valence-corrected chi connectivity index (χ3v) is 6.62. The summed E-state index contributed by atoms with van der Waals surface area (Å²) in [6.07, 6.45) is 4.95. The number of hydrogen-bond donors (Lipinski definition) is 1. The van der Waals surface area contributed by atoms with Crippen LogP contribution in [0.4, 0.5) is 0 Å². The summed E-state index contributed by atoms with van der Waals surface area (Å²) in [5, 5.41) is 2.66. The molecular formula is C20H21ClN2O2S. The highest BCUT2D eigenvalue weighted by Crippen LogP contribution is 2.41. The zero-order valence-electron chi connectivity index (χ0n) is 14.9. The van der Waals surface area contributed by atoms with Crippen LogP contribution in [0.1, 0.15) is 59.6 Å². The Kier molecular flexibility index (Phi) is 4.76. The first-order chi connectivity index (χ1) is 12.6. The summed E-state index contributed by atoms with van der Waals surface area (Å²) in [7, 11) is 0. The van der Waals surface area contributed by atoms with Gasteiger partial charge in [0.1, 0.15) is 9.88 Å². The number of nitrogens with one attached hydrogen (secondary N) is 1. The van der Waals surface area contributed by atoms with Gasteiger partial charge in [-0.1, -0.05) is 24.4 Å². The van der Waals surface area contributed by atoms with E-state index in [9.17, 15) is 4.79 Å². The summed E-state index contributed by atoms with van der Waals surface area (Å²) in [4.78, 5) is 20.7. The van der Waals surface area contributed by atoms with Crippen molar-refractivity contribution in [2.45, 2.75) is 45.4 Å². The zero-order chi connectivity index (χ0) is 18.3. The quantitative estimate of drug-likeness (QED) is 0.550. The van der Waals surface area contributed by atoms with Crippen LogP contribution in [-0.4, -0.2) is 22.5 Å². The molecule has 1 saturated carbocycles. The molecule has 1 aliphatic carbocycles. The van der Waals surface area contributed by atoms with E-state index in [1.54, 1.807) is 6.92 Å². The Morgan fingerprint density at radius 1 is 1.38 bits per heavy atom. The van der Waals surface area contributed by atoms with E-state index in [2.05, 4.69) is 22.1 Å². The lowest BCUT2D eigenvalue weighted by molar-refractivity contribution is 0.0531. The van der Waals surface area contributed by atoms with Crippen molar-refractivity contribution in [3.8, 4) is 10.6 Å². The molecule has 1 fully saturated rings. The highest BCUT2D eigenvalue weighted by Gasteiger charge is 2.23. The van der Waals surface area contributed by atoms with Crippen molar-refractivity contribution in [2.75, 3.05) is 6.61 Å². The van der Waals surface area contributed by atoms with Crippen LogP contribution >= 0.6 is 22.9 Å². The van der Waals surface area contributed by atoms with E-state index in [-0.39, 0.29) is 5.97 Å². The maximum Gasteiger partial charge on any atom is 0.350 e. The largest absolute Gasteiger partial charge is 0.462 e. The second kappa shape index (κ2) is 7.05. The lowest BCUT2D eigenvalue weighted by Gasteiger charge is -2.06. The summed E-state index contributed by atoms with van der Waals surface area (Å²) < 4.78 is 5.11. The molecule has 2 heterocycles. The molecule has 6 heteroatoms. The number of nitrogens with zero attached hydrogens (tertiary/aromatic N) is 1. The van der Waals surface area contributed by atoms with Crippen LogP contribution < -0.4 is 0 Å². The van der Waals surface area contributed by atoms with E-state index >= 15 is 0 Å². The fourth-order valence-corrected chi connectivity index (χ4v) is 5.03. The summed E-state index contributed by atoms with van der Waals surface area (Å²) in [6.45, 7) is 4.01. The van der Waals surface area contributed by atoms with Gasteiger partial charge in [0.05, 0.1) is 17.3 Å². The van der Waals surface area contributed by atoms with Crippen LogP contribution in [0.25, 0.3) is 21.5 Å². The number of aromatic amines is 1. The molecule has 0 amide bonds. The lowest BCUT2D eigenvalue weighted by atomic mass is 10.0. The van der Waals surface area contributed by atoms with Crippen LogP contribution in [0.5, 0.6) is 0 Å². The molecule has 0 unspecified atom stereocenters. The number of aryl methyl sites for hydroxylation is 1.